The van der Waals surface area contributed by atoms with Crippen molar-refractivity contribution >= 4 is 26.9 Å². The van der Waals surface area contributed by atoms with E-state index in [0.717, 1.165) is 4.90 Å². The standard InChI is InChI=1S/C14H27N3O6Si/c1-6-21-24(22-7-2,23-8-3)11-9-10-17(5)13(19)15-12(18)16(4)14(17)20/h6-11H2,1-5H3/p+1. The van der Waals surface area contributed by atoms with Crippen molar-refractivity contribution < 1.29 is 32.1 Å². The van der Waals surface area contributed by atoms with Gasteiger partial charge in [-0.15, -0.1) is 0 Å². The third-order valence-electron chi connectivity index (χ3n) is 3.86. The molecule has 0 bridgehead atoms. The predicted molar refractivity (Wildman–Crippen MR) is 88.2 cm³/mol. The minimum absolute atomic E-state index is 0.226. The molecule has 1 heterocycles. The molecule has 24 heavy (non-hydrogen) atoms. The summed E-state index contributed by atoms with van der Waals surface area (Å²) >= 11 is 0. The molecule has 1 unspecified atom stereocenters. The molecule has 0 aromatic rings. The van der Waals surface area contributed by atoms with E-state index in [9.17, 15) is 14.4 Å². The topological polar surface area (TPSA) is 94.2 Å². The first kappa shape index (κ1) is 20.7. The first-order chi connectivity index (χ1) is 11.3. The maximum atomic E-state index is 12.3. The van der Waals surface area contributed by atoms with Gasteiger partial charge >= 0.3 is 26.9 Å². The van der Waals surface area contributed by atoms with E-state index in [0.29, 0.717) is 32.3 Å². The Kier molecular flexibility index (Phi) is 7.48. The number of amides is 6. The van der Waals surface area contributed by atoms with Crippen LogP contribution in [0.15, 0.2) is 0 Å². The van der Waals surface area contributed by atoms with E-state index >= 15 is 0 Å². The van der Waals surface area contributed by atoms with Crippen molar-refractivity contribution in [3.05, 3.63) is 0 Å². The number of imide groups is 3. The molecule has 0 aromatic carbocycles. The number of carbonyl (C=O) groups is 3. The Morgan fingerprint density at radius 1 is 1.04 bits per heavy atom. The highest BCUT2D eigenvalue weighted by Crippen LogP contribution is 2.22. The average Bonchev–Trinajstić information content (AvgIpc) is 2.52. The number of nitrogens with one attached hydrogen (secondary N) is 1. The van der Waals surface area contributed by atoms with Crippen LogP contribution in [0.3, 0.4) is 0 Å². The van der Waals surface area contributed by atoms with Crippen LogP contribution in [0, 0.1) is 0 Å². The first-order valence-electron chi connectivity index (χ1n) is 8.17. The molecule has 1 saturated heterocycles. The molecule has 0 aliphatic carbocycles. The first-order valence-corrected chi connectivity index (χ1v) is 10.1. The molecule has 1 fully saturated rings. The smallest absolute Gasteiger partial charge is 0.374 e. The van der Waals surface area contributed by atoms with Crippen LogP contribution < -0.4 is 5.32 Å². The minimum Gasteiger partial charge on any atom is -0.374 e. The van der Waals surface area contributed by atoms with Crippen LogP contribution in [0.25, 0.3) is 0 Å². The van der Waals surface area contributed by atoms with Crippen molar-refractivity contribution in [1.82, 2.24) is 10.2 Å². The molecule has 9 nitrogen and oxygen atoms in total. The third kappa shape index (κ3) is 4.39. The van der Waals surface area contributed by atoms with E-state index in [1.165, 1.54) is 14.1 Å². The number of nitrogens with zero attached hydrogens (tertiary/aromatic N) is 2. The highest BCUT2D eigenvalue weighted by atomic mass is 28.4. The summed E-state index contributed by atoms with van der Waals surface area (Å²) in [5.74, 6) is 0. The molecule has 1 N–H and O–H groups in total. The number of hydrogen-bond acceptors (Lipinski definition) is 6. The fourth-order valence-electron chi connectivity index (χ4n) is 2.61. The van der Waals surface area contributed by atoms with Crippen molar-refractivity contribution in [2.75, 3.05) is 40.5 Å². The summed E-state index contributed by atoms with van der Waals surface area (Å²) in [5.41, 5.74) is 0. The number of urea groups is 3. The summed E-state index contributed by atoms with van der Waals surface area (Å²) in [6.45, 7) is 7.24. The maximum Gasteiger partial charge on any atom is 0.501 e. The number of rotatable bonds is 10. The van der Waals surface area contributed by atoms with Crippen LogP contribution in [0.5, 0.6) is 0 Å². The normalized spacial score (nSPS) is 22.0. The van der Waals surface area contributed by atoms with E-state index in [1.807, 2.05) is 20.8 Å². The van der Waals surface area contributed by atoms with Gasteiger partial charge in [0, 0.05) is 39.3 Å². The van der Waals surface area contributed by atoms with Gasteiger partial charge in [-0.2, -0.15) is 4.48 Å². The minimum atomic E-state index is -2.82. The zero-order valence-corrected chi connectivity index (χ0v) is 16.1. The summed E-state index contributed by atoms with van der Waals surface area (Å²) in [6.07, 6.45) is 0.490. The summed E-state index contributed by atoms with van der Waals surface area (Å²) in [7, 11) is 0.0183. The molecule has 1 rings (SSSR count). The maximum absolute atomic E-state index is 12.3. The van der Waals surface area contributed by atoms with E-state index in [-0.39, 0.29) is 6.54 Å². The molecule has 1 atom stereocenters. The van der Waals surface area contributed by atoms with Gasteiger partial charge in [-0.3, -0.25) is 0 Å². The van der Waals surface area contributed by atoms with Crippen molar-refractivity contribution in [1.29, 1.82) is 0 Å². The third-order valence-corrected chi connectivity index (χ3v) is 7.01. The summed E-state index contributed by atoms with van der Waals surface area (Å²) in [5, 5.41) is 2.19. The van der Waals surface area contributed by atoms with Crippen LogP contribution in [0.2, 0.25) is 6.04 Å². The predicted octanol–water partition coefficient (Wildman–Crippen LogP) is 1.77. The summed E-state index contributed by atoms with van der Waals surface area (Å²) < 4.78 is 16.8. The number of carbonyl (C=O) groups excluding carboxylic acids is 3. The van der Waals surface area contributed by atoms with Crippen molar-refractivity contribution in [2.45, 2.75) is 33.2 Å². The Balaban J connectivity index is 2.79. The summed E-state index contributed by atoms with van der Waals surface area (Å²) in [4.78, 5) is 36.9. The Morgan fingerprint density at radius 3 is 2.00 bits per heavy atom. The van der Waals surface area contributed by atoms with Gasteiger partial charge < -0.3 is 13.3 Å². The van der Waals surface area contributed by atoms with Gasteiger partial charge in [0.15, 0.2) is 0 Å². The van der Waals surface area contributed by atoms with Crippen molar-refractivity contribution in [2.24, 2.45) is 0 Å². The molecule has 1 aliphatic heterocycles. The SMILES string of the molecule is CCO[Si](CCC[N+]1(C)C(=O)NC(=O)N(C)C1=O)(OCC)OCC. The molecule has 6 amide bonds. The lowest BCUT2D eigenvalue weighted by Gasteiger charge is -2.35. The van der Waals surface area contributed by atoms with Gasteiger partial charge in [0.2, 0.25) is 0 Å². The lowest BCUT2D eigenvalue weighted by Crippen LogP contribution is -2.70. The van der Waals surface area contributed by atoms with Crippen LogP contribution >= 0.6 is 0 Å². The molecule has 0 saturated carbocycles. The van der Waals surface area contributed by atoms with E-state index < -0.39 is 31.4 Å². The monoisotopic (exact) mass is 362 g/mol. The number of hydrogen-bond donors (Lipinski definition) is 1. The Bertz CT molecular complexity index is 472. The molecule has 0 spiro atoms. The van der Waals surface area contributed by atoms with Crippen LogP contribution in [0.1, 0.15) is 27.2 Å². The zero-order chi connectivity index (χ0) is 18.4. The summed E-state index contributed by atoms with van der Waals surface area (Å²) in [6, 6.07) is -1.39. The van der Waals surface area contributed by atoms with Gasteiger partial charge in [0.1, 0.15) is 0 Å². The van der Waals surface area contributed by atoms with Crippen molar-refractivity contribution in [3.8, 4) is 0 Å². The van der Waals surface area contributed by atoms with Crippen LogP contribution in [-0.2, 0) is 13.3 Å². The number of quaternary nitrogens is 1. The molecule has 1 aliphatic rings. The zero-order valence-electron chi connectivity index (χ0n) is 15.1. The van der Waals surface area contributed by atoms with Crippen LogP contribution in [-0.4, -0.2) is 76.7 Å². The highest BCUT2D eigenvalue weighted by molar-refractivity contribution is 6.60. The average molecular weight is 362 g/mol. The second kappa shape index (κ2) is 8.67. The molecular formula is C14H28N3O6Si+. The molecule has 0 radical (unpaired) electrons. The molecule has 138 valence electrons. The van der Waals surface area contributed by atoms with Crippen molar-refractivity contribution in [3.63, 3.8) is 0 Å². The van der Waals surface area contributed by atoms with E-state index in [1.54, 1.807) is 0 Å². The highest BCUT2D eigenvalue weighted by Gasteiger charge is 2.51. The van der Waals surface area contributed by atoms with Gasteiger partial charge in [-0.1, -0.05) is 0 Å². The van der Waals surface area contributed by atoms with Gasteiger partial charge in [0.25, 0.3) is 0 Å². The van der Waals surface area contributed by atoms with Gasteiger partial charge in [0.05, 0.1) is 13.6 Å². The molecule has 0 aromatic heterocycles. The fraction of sp³-hybridized carbons (Fsp3) is 0.786. The Labute approximate surface area is 143 Å². The van der Waals surface area contributed by atoms with Gasteiger partial charge in [-0.05, 0) is 20.8 Å². The molecule has 10 heteroatoms. The van der Waals surface area contributed by atoms with Gasteiger partial charge in [-0.25, -0.2) is 24.6 Å². The largest absolute Gasteiger partial charge is 0.501 e. The quantitative estimate of drug-likeness (QED) is 0.470. The Hall–Kier alpha value is -1.33. The fourth-order valence-corrected chi connectivity index (χ4v) is 5.21. The van der Waals surface area contributed by atoms with Crippen LogP contribution in [0.4, 0.5) is 14.4 Å². The second-order valence-corrected chi connectivity index (χ2v) is 8.31. The second-order valence-electron chi connectivity index (χ2n) is 5.58. The Morgan fingerprint density at radius 2 is 1.54 bits per heavy atom. The lowest BCUT2D eigenvalue weighted by atomic mass is 10.3. The van der Waals surface area contributed by atoms with E-state index in [2.05, 4.69) is 5.32 Å². The van der Waals surface area contributed by atoms with E-state index in [4.69, 9.17) is 13.3 Å². The lowest BCUT2D eigenvalue weighted by molar-refractivity contribution is -0.751. The molecular weight excluding hydrogens is 334 g/mol.